The van der Waals surface area contributed by atoms with Crippen LogP contribution in [0, 0.1) is 23.1 Å². The predicted molar refractivity (Wildman–Crippen MR) is 89.5 cm³/mol. The van der Waals surface area contributed by atoms with Gasteiger partial charge < -0.3 is 15.2 Å². The quantitative estimate of drug-likeness (QED) is 0.484. The molecule has 1 amide bonds. The third kappa shape index (κ3) is 4.15. The van der Waals surface area contributed by atoms with Gasteiger partial charge in [-0.2, -0.15) is 5.26 Å². The fraction of sp³-hybridized carbons (Fsp3) is 0.158. The van der Waals surface area contributed by atoms with Gasteiger partial charge in [-0.05, 0) is 61.4 Å². The minimum atomic E-state index is -0.640. The highest BCUT2D eigenvalue weighted by Crippen LogP contribution is 2.36. The van der Waals surface area contributed by atoms with Crippen molar-refractivity contribution in [3.63, 3.8) is 0 Å². The highest BCUT2D eigenvalue weighted by Gasteiger charge is 2.30. The maximum atomic E-state index is 12.9. The standard InChI is InChI=1S/C19H15FN2O3/c20-13-3-7-15(8-4-13)25-16-9-5-14(6-10-16)22-19(24)17(11-21)18(23)12-1-2-12/h3-10,12,23H,1-2H2,(H,22,24)/b18-17-. The summed E-state index contributed by atoms with van der Waals surface area (Å²) in [6.45, 7) is 0. The van der Waals surface area contributed by atoms with Crippen LogP contribution in [0.1, 0.15) is 12.8 Å². The average molecular weight is 338 g/mol. The first-order valence-electron chi connectivity index (χ1n) is 7.75. The molecule has 6 heteroatoms. The lowest BCUT2D eigenvalue weighted by atomic mass is 10.1. The van der Waals surface area contributed by atoms with Crippen LogP contribution in [0.3, 0.4) is 0 Å². The van der Waals surface area contributed by atoms with Gasteiger partial charge in [0.1, 0.15) is 29.1 Å². The van der Waals surface area contributed by atoms with Crippen molar-refractivity contribution in [2.24, 2.45) is 5.92 Å². The molecule has 1 fully saturated rings. The average Bonchev–Trinajstić information content (AvgIpc) is 3.44. The van der Waals surface area contributed by atoms with Crippen LogP contribution in [0.15, 0.2) is 59.9 Å². The van der Waals surface area contributed by atoms with E-state index in [-0.39, 0.29) is 23.1 Å². The Hall–Kier alpha value is -3.33. The number of nitrogens with zero attached hydrogens (tertiary/aromatic N) is 1. The van der Waals surface area contributed by atoms with Crippen LogP contribution in [0.2, 0.25) is 0 Å². The van der Waals surface area contributed by atoms with Gasteiger partial charge in [0.2, 0.25) is 0 Å². The number of aliphatic hydroxyl groups is 1. The molecule has 1 aliphatic rings. The van der Waals surface area contributed by atoms with E-state index < -0.39 is 5.91 Å². The van der Waals surface area contributed by atoms with E-state index in [2.05, 4.69) is 5.32 Å². The number of amides is 1. The highest BCUT2D eigenvalue weighted by molar-refractivity contribution is 6.07. The molecule has 0 atom stereocenters. The Morgan fingerprint density at radius 3 is 2.20 bits per heavy atom. The lowest BCUT2D eigenvalue weighted by Gasteiger charge is -2.08. The SMILES string of the molecule is N#C/C(C(=O)Nc1ccc(Oc2ccc(F)cc2)cc1)=C(/O)C1CC1. The zero-order chi connectivity index (χ0) is 17.8. The first-order chi connectivity index (χ1) is 12.1. The molecule has 0 unspecified atom stereocenters. The number of anilines is 1. The summed E-state index contributed by atoms with van der Waals surface area (Å²) in [7, 11) is 0. The van der Waals surface area contributed by atoms with Gasteiger partial charge in [-0.1, -0.05) is 0 Å². The summed E-state index contributed by atoms with van der Waals surface area (Å²) in [5.74, 6) is -0.202. The Kier molecular flexibility index (Phi) is 4.66. The van der Waals surface area contributed by atoms with E-state index in [1.165, 1.54) is 24.3 Å². The minimum absolute atomic E-state index is 0.0770. The zero-order valence-corrected chi connectivity index (χ0v) is 13.2. The van der Waals surface area contributed by atoms with Gasteiger partial charge in [-0.3, -0.25) is 4.79 Å². The van der Waals surface area contributed by atoms with Gasteiger partial charge in [0.25, 0.3) is 5.91 Å². The number of carbonyl (C=O) groups is 1. The molecule has 0 radical (unpaired) electrons. The second-order valence-corrected chi connectivity index (χ2v) is 5.68. The molecule has 1 aliphatic carbocycles. The second-order valence-electron chi connectivity index (χ2n) is 5.68. The smallest absolute Gasteiger partial charge is 0.269 e. The maximum absolute atomic E-state index is 12.9. The van der Waals surface area contributed by atoms with E-state index in [0.717, 1.165) is 12.8 Å². The lowest BCUT2D eigenvalue weighted by molar-refractivity contribution is -0.112. The molecule has 0 spiro atoms. The third-order valence-electron chi connectivity index (χ3n) is 3.72. The van der Waals surface area contributed by atoms with Gasteiger partial charge in [0, 0.05) is 11.6 Å². The van der Waals surface area contributed by atoms with Crippen LogP contribution >= 0.6 is 0 Å². The van der Waals surface area contributed by atoms with Crippen molar-refractivity contribution < 1.29 is 19.0 Å². The van der Waals surface area contributed by atoms with E-state index in [0.29, 0.717) is 17.2 Å². The third-order valence-corrected chi connectivity index (χ3v) is 3.72. The number of rotatable bonds is 5. The molecule has 2 aromatic carbocycles. The molecule has 3 rings (SSSR count). The van der Waals surface area contributed by atoms with Crippen molar-refractivity contribution >= 4 is 11.6 Å². The summed E-state index contributed by atoms with van der Waals surface area (Å²) in [4.78, 5) is 12.1. The zero-order valence-electron chi connectivity index (χ0n) is 13.2. The molecule has 0 saturated heterocycles. The Balaban J connectivity index is 1.66. The molecule has 0 aliphatic heterocycles. The topological polar surface area (TPSA) is 82.4 Å². The number of hydrogen-bond acceptors (Lipinski definition) is 4. The molecule has 0 heterocycles. The van der Waals surface area contributed by atoms with Gasteiger partial charge in [-0.15, -0.1) is 0 Å². The number of allylic oxidation sites excluding steroid dienone is 1. The monoisotopic (exact) mass is 338 g/mol. The molecule has 2 aromatic rings. The van der Waals surface area contributed by atoms with Crippen molar-refractivity contribution in [3.8, 4) is 17.6 Å². The number of benzene rings is 2. The van der Waals surface area contributed by atoms with Crippen molar-refractivity contribution in [1.29, 1.82) is 5.26 Å². The summed E-state index contributed by atoms with van der Waals surface area (Å²) < 4.78 is 18.4. The fourth-order valence-electron chi connectivity index (χ4n) is 2.22. The summed E-state index contributed by atoms with van der Waals surface area (Å²) in [5, 5.41) is 21.5. The molecule has 126 valence electrons. The van der Waals surface area contributed by atoms with Gasteiger partial charge in [0.05, 0.1) is 0 Å². The summed E-state index contributed by atoms with van der Waals surface area (Å²) in [6.07, 6.45) is 1.58. The van der Waals surface area contributed by atoms with E-state index in [1.807, 2.05) is 0 Å². The summed E-state index contributed by atoms with van der Waals surface area (Å²) in [5.41, 5.74) is 0.210. The normalized spacial score (nSPS) is 14.2. The molecule has 0 bridgehead atoms. The van der Waals surface area contributed by atoms with Crippen LogP contribution in [-0.2, 0) is 4.79 Å². The molecule has 25 heavy (non-hydrogen) atoms. The molecular formula is C19H15FN2O3. The summed E-state index contributed by atoms with van der Waals surface area (Å²) in [6, 6.07) is 13.9. The number of carbonyl (C=O) groups excluding carboxylic acids is 1. The first-order valence-corrected chi connectivity index (χ1v) is 7.75. The maximum Gasteiger partial charge on any atom is 0.269 e. The van der Waals surface area contributed by atoms with Crippen molar-refractivity contribution in [1.82, 2.24) is 0 Å². The molecule has 2 N–H and O–H groups in total. The number of halogens is 1. The van der Waals surface area contributed by atoms with Gasteiger partial charge >= 0.3 is 0 Å². The van der Waals surface area contributed by atoms with Gasteiger partial charge in [0.15, 0.2) is 5.57 Å². The van der Waals surface area contributed by atoms with Crippen LogP contribution in [0.5, 0.6) is 11.5 Å². The highest BCUT2D eigenvalue weighted by atomic mass is 19.1. The molecular weight excluding hydrogens is 323 g/mol. The fourth-order valence-corrected chi connectivity index (χ4v) is 2.22. The largest absolute Gasteiger partial charge is 0.510 e. The molecule has 1 saturated carbocycles. The van der Waals surface area contributed by atoms with Crippen LogP contribution in [-0.4, -0.2) is 11.0 Å². The van der Waals surface area contributed by atoms with Crippen molar-refractivity contribution in [3.05, 3.63) is 65.7 Å². The lowest BCUT2D eigenvalue weighted by Crippen LogP contribution is -2.15. The van der Waals surface area contributed by atoms with E-state index in [9.17, 15) is 14.3 Å². The van der Waals surface area contributed by atoms with E-state index in [4.69, 9.17) is 10.00 Å². The van der Waals surface area contributed by atoms with Crippen LogP contribution < -0.4 is 10.1 Å². The first kappa shape index (κ1) is 16.5. The Morgan fingerprint density at radius 2 is 1.68 bits per heavy atom. The number of ether oxygens (including phenoxy) is 1. The number of nitrogens with one attached hydrogen (secondary N) is 1. The number of aliphatic hydroxyl groups excluding tert-OH is 1. The van der Waals surface area contributed by atoms with E-state index >= 15 is 0 Å². The summed E-state index contributed by atoms with van der Waals surface area (Å²) >= 11 is 0. The van der Waals surface area contributed by atoms with Crippen molar-refractivity contribution in [2.45, 2.75) is 12.8 Å². The Morgan fingerprint density at radius 1 is 1.12 bits per heavy atom. The number of nitriles is 1. The number of hydrogen-bond donors (Lipinski definition) is 2. The second kappa shape index (κ2) is 7.05. The van der Waals surface area contributed by atoms with Crippen molar-refractivity contribution in [2.75, 3.05) is 5.32 Å². The van der Waals surface area contributed by atoms with E-state index in [1.54, 1.807) is 30.3 Å². The molecule has 5 nitrogen and oxygen atoms in total. The van der Waals surface area contributed by atoms with Crippen LogP contribution in [0.25, 0.3) is 0 Å². The Bertz CT molecular complexity index is 848. The minimum Gasteiger partial charge on any atom is -0.510 e. The predicted octanol–water partition coefficient (Wildman–Crippen LogP) is 4.30. The molecule has 0 aromatic heterocycles. The van der Waals surface area contributed by atoms with Gasteiger partial charge in [-0.25, -0.2) is 4.39 Å². The van der Waals surface area contributed by atoms with Crippen LogP contribution in [0.4, 0.5) is 10.1 Å². The Labute approximate surface area is 144 Å².